The molecule has 0 saturated heterocycles. The average Bonchev–Trinajstić information content (AvgIpc) is 3.13. The summed E-state index contributed by atoms with van der Waals surface area (Å²) in [5.41, 5.74) is 1.61. The highest BCUT2D eigenvalue weighted by Crippen LogP contribution is 2.48. The topological polar surface area (TPSA) is 43.7 Å². The van der Waals surface area contributed by atoms with E-state index in [0.717, 1.165) is 19.3 Å². The Bertz CT molecular complexity index is 485. The molecule has 0 unspecified atom stereocenters. The molecule has 2 aliphatic carbocycles. The second kappa shape index (κ2) is 11.4. The first kappa shape index (κ1) is 22.6. The molecule has 0 aliphatic heterocycles. The quantitative estimate of drug-likeness (QED) is 0.379. The normalized spacial score (nSPS) is 30.1. The van der Waals surface area contributed by atoms with Gasteiger partial charge >= 0.3 is 0 Å². The Morgan fingerprint density at radius 3 is 2.70 bits per heavy atom. The van der Waals surface area contributed by atoms with Crippen LogP contribution in [0.1, 0.15) is 71.6 Å². The van der Waals surface area contributed by atoms with Crippen LogP contribution >= 0.6 is 0 Å². The summed E-state index contributed by atoms with van der Waals surface area (Å²) in [4.78, 5) is 2.26. The summed E-state index contributed by atoms with van der Waals surface area (Å²) in [6, 6.07) is 0. The number of nitrogens with zero attached hydrogens (tertiary/aromatic N) is 1. The Hall–Kier alpha value is -0.640. The highest BCUT2D eigenvalue weighted by molar-refractivity contribution is 5.21. The van der Waals surface area contributed by atoms with E-state index in [1.807, 2.05) is 6.08 Å². The van der Waals surface area contributed by atoms with Gasteiger partial charge in [0.2, 0.25) is 0 Å². The highest BCUT2D eigenvalue weighted by atomic mass is 16.3. The van der Waals surface area contributed by atoms with Gasteiger partial charge in [-0.25, -0.2) is 0 Å². The first-order valence-electron chi connectivity index (χ1n) is 11.3. The van der Waals surface area contributed by atoms with Crippen molar-refractivity contribution in [3.05, 3.63) is 23.8 Å². The molecule has 0 heterocycles. The van der Waals surface area contributed by atoms with Gasteiger partial charge in [0.15, 0.2) is 0 Å². The lowest BCUT2D eigenvalue weighted by molar-refractivity contribution is 0.135. The van der Waals surface area contributed by atoms with Crippen molar-refractivity contribution in [1.29, 1.82) is 0 Å². The summed E-state index contributed by atoms with van der Waals surface area (Å²) in [5, 5.41) is 20.9. The number of hydrogen-bond acceptors (Lipinski definition) is 3. The van der Waals surface area contributed by atoms with E-state index in [4.69, 9.17) is 0 Å². The third kappa shape index (κ3) is 7.03. The Morgan fingerprint density at radius 2 is 2.00 bits per heavy atom. The van der Waals surface area contributed by atoms with E-state index < -0.39 is 0 Å². The van der Waals surface area contributed by atoms with Crippen LogP contribution < -0.4 is 0 Å². The van der Waals surface area contributed by atoms with Crippen LogP contribution in [0, 0.1) is 23.7 Å². The van der Waals surface area contributed by atoms with Crippen molar-refractivity contribution in [2.75, 3.05) is 20.6 Å². The first-order valence-corrected chi connectivity index (χ1v) is 11.3. The van der Waals surface area contributed by atoms with E-state index in [0.29, 0.717) is 17.8 Å². The number of hydrogen-bond donors (Lipinski definition) is 2. The van der Waals surface area contributed by atoms with E-state index in [1.165, 1.54) is 45.1 Å². The average molecular weight is 378 g/mol. The second-order valence-corrected chi connectivity index (χ2v) is 9.35. The lowest BCUT2D eigenvalue weighted by atomic mass is 9.87. The number of aliphatic hydroxyl groups excluding tert-OH is 2. The molecule has 3 heteroatoms. The fourth-order valence-corrected chi connectivity index (χ4v) is 4.88. The van der Waals surface area contributed by atoms with Crippen molar-refractivity contribution in [3.63, 3.8) is 0 Å². The number of aliphatic hydroxyl groups is 2. The van der Waals surface area contributed by atoms with Gasteiger partial charge in [-0.3, -0.25) is 0 Å². The van der Waals surface area contributed by atoms with Crippen molar-refractivity contribution in [2.24, 2.45) is 23.7 Å². The summed E-state index contributed by atoms with van der Waals surface area (Å²) in [7, 11) is 4.28. The molecule has 27 heavy (non-hydrogen) atoms. The van der Waals surface area contributed by atoms with Gasteiger partial charge in [0, 0.05) is 5.92 Å². The van der Waals surface area contributed by atoms with E-state index in [2.05, 4.69) is 45.0 Å². The molecule has 0 aromatic heterocycles. The maximum Gasteiger partial charge on any atom is 0.0746 e. The molecule has 0 spiro atoms. The Labute approximate surface area is 167 Å². The highest BCUT2D eigenvalue weighted by Gasteiger charge is 2.43. The second-order valence-electron chi connectivity index (χ2n) is 9.35. The van der Waals surface area contributed by atoms with Gasteiger partial charge in [0.05, 0.1) is 12.2 Å². The van der Waals surface area contributed by atoms with E-state index in [1.54, 1.807) is 5.57 Å². The predicted molar refractivity (Wildman–Crippen MR) is 115 cm³/mol. The zero-order chi connectivity index (χ0) is 19.8. The van der Waals surface area contributed by atoms with Crippen molar-refractivity contribution in [1.82, 2.24) is 4.90 Å². The third-order valence-corrected chi connectivity index (χ3v) is 6.68. The van der Waals surface area contributed by atoms with Gasteiger partial charge in [0.25, 0.3) is 0 Å². The van der Waals surface area contributed by atoms with Gasteiger partial charge in [-0.05, 0) is 76.9 Å². The molecule has 3 nitrogen and oxygen atoms in total. The van der Waals surface area contributed by atoms with Crippen molar-refractivity contribution in [2.45, 2.75) is 83.8 Å². The third-order valence-electron chi connectivity index (χ3n) is 6.68. The summed E-state index contributed by atoms with van der Waals surface area (Å²) >= 11 is 0. The number of fused-ring (bicyclic) bond motifs is 1. The SMILES string of the molecule is CCCC[C@@H](C)[C@H](O)C=C[C@@H]1[C@H]2CC(CCCCCN(C)C)=C[C@H]2C[C@H]1O. The minimum atomic E-state index is -0.381. The molecule has 2 aliphatic rings. The molecule has 0 aromatic rings. The Morgan fingerprint density at radius 1 is 1.22 bits per heavy atom. The molecule has 0 bridgehead atoms. The number of allylic oxidation sites excluding steroid dienone is 2. The molecule has 2 rings (SSSR count). The fraction of sp³-hybridized carbons (Fsp3) is 0.833. The van der Waals surface area contributed by atoms with Crippen LogP contribution in [-0.2, 0) is 0 Å². The van der Waals surface area contributed by atoms with Crippen molar-refractivity contribution in [3.8, 4) is 0 Å². The van der Waals surface area contributed by atoms with Gasteiger partial charge in [-0.15, -0.1) is 0 Å². The van der Waals surface area contributed by atoms with Gasteiger partial charge in [-0.1, -0.05) is 56.9 Å². The van der Waals surface area contributed by atoms with Crippen LogP contribution in [0.25, 0.3) is 0 Å². The zero-order valence-electron chi connectivity index (χ0n) is 18.1. The van der Waals surface area contributed by atoms with E-state index in [9.17, 15) is 10.2 Å². The monoisotopic (exact) mass is 377 g/mol. The van der Waals surface area contributed by atoms with E-state index in [-0.39, 0.29) is 18.1 Å². The number of unbranched alkanes of at least 4 members (excludes halogenated alkanes) is 3. The summed E-state index contributed by atoms with van der Waals surface area (Å²) in [6.07, 6.45) is 16.5. The molecule has 0 amide bonds. The lowest BCUT2D eigenvalue weighted by Gasteiger charge is -2.20. The summed E-state index contributed by atoms with van der Waals surface area (Å²) in [5.74, 6) is 1.60. The van der Waals surface area contributed by atoms with Gasteiger partial charge < -0.3 is 15.1 Å². The van der Waals surface area contributed by atoms with Crippen LogP contribution in [0.5, 0.6) is 0 Å². The first-order chi connectivity index (χ1) is 12.9. The predicted octanol–water partition coefficient (Wildman–Crippen LogP) is 4.80. The molecule has 1 saturated carbocycles. The molecule has 6 atom stereocenters. The molecule has 0 aromatic carbocycles. The summed E-state index contributed by atoms with van der Waals surface area (Å²) in [6.45, 7) is 5.50. The van der Waals surface area contributed by atoms with Crippen LogP contribution in [0.3, 0.4) is 0 Å². The maximum atomic E-state index is 10.5. The van der Waals surface area contributed by atoms with Crippen molar-refractivity contribution < 1.29 is 10.2 Å². The van der Waals surface area contributed by atoms with Crippen LogP contribution in [0.15, 0.2) is 23.8 Å². The number of rotatable bonds is 12. The molecule has 1 fully saturated rings. The standard InChI is InChI=1S/C24H43NO2/c1-5-6-10-18(2)23(26)13-12-21-22-16-19(15-20(22)17-24(21)27)11-8-7-9-14-25(3)4/h12-13,15,18,20-24,26-27H,5-11,14,16-17H2,1-4H3/t18-,20+,21-,22+,23-,24-/m1/s1. The fourth-order valence-electron chi connectivity index (χ4n) is 4.88. The van der Waals surface area contributed by atoms with E-state index >= 15 is 0 Å². The minimum Gasteiger partial charge on any atom is -0.392 e. The van der Waals surface area contributed by atoms with Crippen molar-refractivity contribution >= 4 is 0 Å². The van der Waals surface area contributed by atoms with Crippen LogP contribution in [-0.4, -0.2) is 48.0 Å². The smallest absolute Gasteiger partial charge is 0.0746 e. The Balaban J connectivity index is 1.78. The van der Waals surface area contributed by atoms with Crippen LogP contribution in [0.4, 0.5) is 0 Å². The maximum absolute atomic E-state index is 10.5. The largest absolute Gasteiger partial charge is 0.392 e. The zero-order valence-corrected chi connectivity index (χ0v) is 18.1. The molecular weight excluding hydrogens is 334 g/mol. The summed E-state index contributed by atoms with van der Waals surface area (Å²) < 4.78 is 0. The molecular formula is C24H43NO2. The molecule has 2 N–H and O–H groups in total. The molecule has 156 valence electrons. The van der Waals surface area contributed by atoms with Gasteiger partial charge in [0.1, 0.15) is 0 Å². The lowest BCUT2D eigenvalue weighted by Crippen LogP contribution is -2.20. The van der Waals surface area contributed by atoms with Gasteiger partial charge in [-0.2, -0.15) is 0 Å². The minimum absolute atomic E-state index is 0.213. The molecule has 0 radical (unpaired) electrons. The Kier molecular flexibility index (Phi) is 9.55. The van der Waals surface area contributed by atoms with Crippen LogP contribution in [0.2, 0.25) is 0 Å².